The minimum absolute atomic E-state index is 1.11. The van der Waals surface area contributed by atoms with Crippen molar-refractivity contribution in [1.82, 2.24) is 4.57 Å². The van der Waals surface area contributed by atoms with Crippen molar-refractivity contribution in [2.75, 3.05) is 4.90 Å². The molecule has 1 heterocycles. The molecule has 0 aliphatic rings. The maximum absolute atomic E-state index is 2.37. The van der Waals surface area contributed by atoms with Gasteiger partial charge in [0.1, 0.15) is 0 Å². The number of anilines is 3. The summed E-state index contributed by atoms with van der Waals surface area (Å²) in [6.45, 7) is 0. The normalized spacial score (nSPS) is 11.6. The third-order valence-corrected chi connectivity index (χ3v) is 11.4. The van der Waals surface area contributed by atoms with Gasteiger partial charge in [-0.15, -0.1) is 0 Å². The maximum Gasteiger partial charge on any atom is 0.0541 e. The summed E-state index contributed by atoms with van der Waals surface area (Å²) in [5, 5.41) is 10.1. The van der Waals surface area contributed by atoms with Crippen LogP contribution in [0.4, 0.5) is 17.1 Å². The smallest absolute Gasteiger partial charge is 0.0541 e. The predicted molar refractivity (Wildman–Crippen MR) is 239 cm³/mol. The van der Waals surface area contributed by atoms with Crippen molar-refractivity contribution < 1.29 is 0 Å². The average molecular weight is 713 g/mol. The Morgan fingerprint density at radius 3 is 1.39 bits per heavy atom. The third kappa shape index (κ3) is 5.34. The molecule has 0 saturated heterocycles. The van der Waals surface area contributed by atoms with Crippen molar-refractivity contribution in [3.05, 3.63) is 218 Å². The van der Waals surface area contributed by atoms with Crippen LogP contribution in [0.5, 0.6) is 0 Å². The molecule has 0 saturated carbocycles. The van der Waals surface area contributed by atoms with E-state index in [1.54, 1.807) is 0 Å². The van der Waals surface area contributed by atoms with Crippen LogP contribution in [0.15, 0.2) is 218 Å². The molecule has 11 rings (SSSR count). The van der Waals surface area contributed by atoms with Gasteiger partial charge in [-0.05, 0) is 121 Å². The van der Waals surface area contributed by atoms with Gasteiger partial charge in [0.15, 0.2) is 0 Å². The summed E-state index contributed by atoms with van der Waals surface area (Å²) in [7, 11) is 0. The fourth-order valence-electron chi connectivity index (χ4n) is 8.65. The van der Waals surface area contributed by atoms with E-state index in [0.717, 1.165) is 22.7 Å². The lowest BCUT2D eigenvalue weighted by molar-refractivity contribution is 1.18. The van der Waals surface area contributed by atoms with Crippen molar-refractivity contribution in [2.45, 2.75) is 0 Å². The van der Waals surface area contributed by atoms with Crippen molar-refractivity contribution in [3.63, 3.8) is 0 Å². The standard InChI is InChI=1S/C54H36N2/c1-2-12-41-35-46(34-25-37(41)11-1)55(44-32-26-40(27-33-44)52-36-42-13-3-4-14-47(42)48-15-5-6-16-49(48)52)43-28-21-38(22-29-43)39-23-30-45(31-24-39)56-53-19-9-7-17-50(53)51-18-8-10-20-54(51)56/h1-36H. The van der Waals surface area contributed by atoms with Crippen LogP contribution in [0.2, 0.25) is 0 Å². The molecule has 0 aliphatic carbocycles. The summed E-state index contributed by atoms with van der Waals surface area (Å²) in [5.74, 6) is 0. The van der Waals surface area contributed by atoms with Gasteiger partial charge >= 0.3 is 0 Å². The van der Waals surface area contributed by atoms with Crippen LogP contribution < -0.4 is 4.90 Å². The quantitative estimate of drug-likeness (QED) is 0.156. The van der Waals surface area contributed by atoms with Crippen LogP contribution in [-0.4, -0.2) is 4.57 Å². The van der Waals surface area contributed by atoms with Crippen molar-refractivity contribution in [2.24, 2.45) is 0 Å². The molecular weight excluding hydrogens is 677 g/mol. The Kier molecular flexibility index (Phi) is 7.53. The van der Waals surface area contributed by atoms with E-state index in [-0.39, 0.29) is 0 Å². The first kappa shape index (κ1) is 32.0. The Hall–Kier alpha value is -7.42. The van der Waals surface area contributed by atoms with E-state index >= 15 is 0 Å². The van der Waals surface area contributed by atoms with Gasteiger partial charge in [-0.3, -0.25) is 0 Å². The Labute approximate surface area is 325 Å². The van der Waals surface area contributed by atoms with Gasteiger partial charge in [0.2, 0.25) is 0 Å². The molecule has 0 spiro atoms. The summed E-state index contributed by atoms with van der Waals surface area (Å²) in [4.78, 5) is 2.36. The van der Waals surface area contributed by atoms with Crippen molar-refractivity contribution in [3.8, 4) is 27.9 Å². The molecule has 0 aliphatic heterocycles. The van der Waals surface area contributed by atoms with Gasteiger partial charge in [0, 0.05) is 33.5 Å². The lowest BCUT2D eigenvalue weighted by atomic mass is 9.93. The highest BCUT2D eigenvalue weighted by molar-refractivity contribution is 6.14. The van der Waals surface area contributed by atoms with Crippen LogP contribution in [0, 0.1) is 0 Å². The van der Waals surface area contributed by atoms with Crippen molar-refractivity contribution >= 4 is 71.2 Å². The van der Waals surface area contributed by atoms with Gasteiger partial charge in [0.05, 0.1) is 11.0 Å². The summed E-state index contributed by atoms with van der Waals surface area (Å²) in [6, 6.07) is 79.4. The van der Waals surface area contributed by atoms with Crippen LogP contribution in [0.1, 0.15) is 0 Å². The molecule has 56 heavy (non-hydrogen) atoms. The molecule has 2 heteroatoms. The van der Waals surface area contributed by atoms with Crippen LogP contribution in [0.25, 0.3) is 82.1 Å². The Morgan fingerprint density at radius 1 is 0.286 bits per heavy atom. The number of rotatable bonds is 6. The zero-order valence-electron chi connectivity index (χ0n) is 30.7. The van der Waals surface area contributed by atoms with Crippen LogP contribution in [-0.2, 0) is 0 Å². The first-order chi connectivity index (χ1) is 27.8. The van der Waals surface area contributed by atoms with Gasteiger partial charge in [0.25, 0.3) is 0 Å². The average Bonchev–Trinajstić information content (AvgIpc) is 3.61. The molecule has 262 valence electrons. The molecule has 0 amide bonds. The maximum atomic E-state index is 2.37. The fraction of sp³-hybridized carbons (Fsp3) is 0. The molecule has 0 fully saturated rings. The second kappa shape index (κ2) is 13.2. The first-order valence-electron chi connectivity index (χ1n) is 19.3. The second-order valence-corrected chi connectivity index (χ2v) is 14.6. The van der Waals surface area contributed by atoms with E-state index < -0.39 is 0 Å². The minimum atomic E-state index is 1.11. The SMILES string of the molecule is c1ccc2cc(N(c3ccc(-c4ccc(-n5c6ccccc6c6ccccc65)cc4)cc3)c3ccc(-c4cc5ccccc5c5ccccc45)cc3)ccc2c1. The topological polar surface area (TPSA) is 8.17 Å². The molecule has 0 radical (unpaired) electrons. The van der Waals surface area contributed by atoms with E-state index in [2.05, 4.69) is 228 Å². The lowest BCUT2D eigenvalue weighted by Gasteiger charge is -2.26. The van der Waals surface area contributed by atoms with E-state index in [4.69, 9.17) is 0 Å². The molecule has 0 unspecified atom stereocenters. The van der Waals surface area contributed by atoms with Gasteiger partial charge in [-0.2, -0.15) is 0 Å². The number of para-hydroxylation sites is 2. The molecule has 0 N–H and O–H groups in total. The van der Waals surface area contributed by atoms with Gasteiger partial charge in [-0.25, -0.2) is 0 Å². The van der Waals surface area contributed by atoms with Crippen LogP contribution >= 0.6 is 0 Å². The highest BCUT2D eigenvalue weighted by atomic mass is 15.1. The number of aromatic nitrogens is 1. The number of hydrogen-bond acceptors (Lipinski definition) is 1. The largest absolute Gasteiger partial charge is 0.310 e. The number of nitrogens with zero attached hydrogens (tertiary/aromatic N) is 2. The third-order valence-electron chi connectivity index (χ3n) is 11.4. The summed E-state index contributed by atoms with van der Waals surface area (Å²) in [6.07, 6.45) is 0. The Morgan fingerprint density at radius 2 is 0.750 bits per heavy atom. The minimum Gasteiger partial charge on any atom is -0.310 e. The highest BCUT2D eigenvalue weighted by Crippen LogP contribution is 2.40. The van der Waals surface area contributed by atoms with Crippen molar-refractivity contribution in [1.29, 1.82) is 0 Å². The highest BCUT2D eigenvalue weighted by Gasteiger charge is 2.16. The Bertz CT molecular complexity index is 3170. The lowest BCUT2D eigenvalue weighted by Crippen LogP contribution is -2.09. The van der Waals surface area contributed by atoms with Gasteiger partial charge in [-0.1, -0.05) is 152 Å². The molecule has 11 aromatic rings. The summed E-state index contributed by atoms with van der Waals surface area (Å²) >= 11 is 0. The van der Waals surface area contributed by atoms with E-state index in [1.807, 2.05) is 0 Å². The second-order valence-electron chi connectivity index (χ2n) is 14.6. The predicted octanol–water partition coefficient (Wildman–Crippen LogP) is 15.0. The fourth-order valence-corrected chi connectivity index (χ4v) is 8.65. The zero-order chi connectivity index (χ0) is 37.0. The van der Waals surface area contributed by atoms with E-state index in [0.29, 0.717) is 0 Å². The van der Waals surface area contributed by atoms with E-state index in [9.17, 15) is 0 Å². The number of hydrogen-bond donors (Lipinski definition) is 0. The molecule has 10 aromatic carbocycles. The summed E-state index contributed by atoms with van der Waals surface area (Å²) < 4.78 is 2.37. The Balaban J connectivity index is 0.967. The number of benzene rings is 10. The monoisotopic (exact) mass is 712 g/mol. The van der Waals surface area contributed by atoms with Gasteiger partial charge < -0.3 is 9.47 Å². The van der Waals surface area contributed by atoms with E-state index in [1.165, 1.54) is 76.4 Å². The molecule has 2 nitrogen and oxygen atoms in total. The zero-order valence-corrected chi connectivity index (χ0v) is 30.7. The number of fused-ring (bicyclic) bond motifs is 7. The molecule has 1 aromatic heterocycles. The van der Waals surface area contributed by atoms with Crippen LogP contribution in [0.3, 0.4) is 0 Å². The molecule has 0 bridgehead atoms. The summed E-state index contributed by atoms with van der Waals surface area (Å²) in [5.41, 5.74) is 11.8. The molecular formula is C54H36N2. The first-order valence-corrected chi connectivity index (χ1v) is 19.3. The molecule has 0 atom stereocenters.